The van der Waals surface area contributed by atoms with Crippen molar-refractivity contribution in [3.05, 3.63) is 40.5 Å². The zero-order valence-electron chi connectivity index (χ0n) is 15.5. The van der Waals surface area contributed by atoms with Crippen LogP contribution in [0.5, 0.6) is 0 Å². The molecular formula is C19H23ClN4O3. The largest absolute Gasteiger partial charge is 0.381 e. The van der Waals surface area contributed by atoms with Gasteiger partial charge in [0.25, 0.3) is 0 Å². The Morgan fingerprint density at radius 1 is 1.33 bits per heavy atom. The van der Waals surface area contributed by atoms with Crippen LogP contribution in [0.15, 0.2) is 22.7 Å². The van der Waals surface area contributed by atoms with Crippen molar-refractivity contribution in [2.45, 2.75) is 32.6 Å². The zero-order chi connectivity index (χ0) is 19.0. The molecule has 4 rings (SSSR count). The van der Waals surface area contributed by atoms with E-state index in [0.29, 0.717) is 43.0 Å². The Morgan fingerprint density at radius 2 is 2.11 bits per heavy atom. The molecule has 0 radical (unpaired) electrons. The maximum absolute atomic E-state index is 13.0. The lowest BCUT2D eigenvalue weighted by Gasteiger charge is -2.36. The molecule has 2 aliphatic rings. The van der Waals surface area contributed by atoms with Crippen LogP contribution in [0.4, 0.5) is 10.5 Å². The average Bonchev–Trinajstić information content (AvgIpc) is 3.23. The van der Waals surface area contributed by atoms with Crippen LogP contribution >= 0.6 is 11.6 Å². The Labute approximate surface area is 163 Å². The number of halogens is 1. The summed E-state index contributed by atoms with van der Waals surface area (Å²) in [6, 6.07) is 5.35. The summed E-state index contributed by atoms with van der Waals surface area (Å²) >= 11 is 6.08. The highest BCUT2D eigenvalue weighted by molar-refractivity contribution is 6.31. The Bertz CT molecular complexity index is 847. The minimum Gasteiger partial charge on any atom is -0.381 e. The summed E-state index contributed by atoms with van der Waals surface area (Å²) in [7, 11) is 0. The fourth-order valence-electron chi connectivity index (χ4n) is 4.13. The fraction of sp³-hybridized carbons (Fsp3) is 0.526. The van der Waals surface area contributed by atoms with E-state index in [0.717, 1.165) is 24.1 Å². The average molecular weight is 391 g/mol. The van der Waals surface area contributed by atoms with Gasteiger partial charge in [0.05, 0.1) is 5.92 Å². The minimum absolute atomic E-state index is 0.0220. The summed E-state index contributed by atoms with van der Waals surface area (Å²) in [6.45, 7) is 6.32. The van der Waals surface area contributed by atoms with Gasteiger partial charge in [-0.2, -0.15) is 4.98 Å². The monoisotopic (exact) mass is 390 g/mol. The quantitative estimate of drug-likeness (QED) is 0.844. The van der Waals surface area contributed by atoms with Crippen molar-refractivity contribution in [2.75, 3.05) is 31.6 Å². The van der Waals surface area contributed by atoms with E-state index in [2.05, 4.69) is 15.5 Å². The molecule has 7 nitrogen and oxygen atoms in total. The van der Waals surface area contributed by atoms with Crippen LogP contribution in [0.1, 0.15) is 36.0 Å². The van der Waals surface area contributed by atoms with Crippen LogP contribution in [0.3, 0.4) is 0 Å². The number of carbonyl (C=O) groups excluding carboxylic acids is 1. The first-order valence-corrected chi connectivity index (χ1v) is 9.55. The van der Waals surface area contributed by atoms with E-state index in [1.54, 1.807) is 6.07 Å². The van der Waals surface area contributed by atoms with E-state index < -0.39 is 0 Å². The van der Waals surface area contributed by atoms with Crippen molar-refractivity contribution in [3.63, 3.8) is 0 Å². The van der Waals surface area contributed by atoms with Crippen LogP contribution < -0.4 is 5.32 Å². The van der Waals surface area contributed by atoms with Gasteiger partial charge in [0.1, 0.15) is 0 Å². The van der Waals surface area contributed by atoms with E-state index in [1.165, 1.54) is 0 Å². The number of amides is 2. The van der Waals surface area contributed by atoms with Crippen LogP contribution in [0, 0.1) is 19.3 Å². The second-order valence-corrected chi connectivity index (χ2v) is 7.91. The highest BCUT2D eigenvalue weighted by Crippen LogP contribution is 2.49. The molecule has 1 spiro atoms. The molecule has 1 N–H and O–H groups in total. The summed E-state index contributed by atoms with van der Waals surface area (Å²) in [6.07, 6.45) is 1.75. The van der Waals surface area contributed by atoms with Gasteiger partial charge in [0.15, 0.2) is 5.82 Å². The fourth-order valence-corrected chi connectivity index (χ4v) is 4.30. The number of anilines is 1. The number of hydrogen-bond donors (Lipinski definition) is 1. The molecule has 1 atom stereocenters. The lowest BCUT2D eigenvalue weighted by atomic mass is 9.72. The Hall–Kier alpha value is -2.12. The molecule has 3 heterocycles. The van der Waals surface area contributed by atoms with Crippen molar-refractivity contribution in [2.24, 2.45) is 5.41 Å². The van der Waals surface area contributed by atoms with Gasteiger partial charge in [-0.1, -0.05) is 22.8 Å². The van der Waals surface area contributed by atoms with Crippen molar-refractivity contribution in [3.8, 4) is 0 Å². The minimum atomic E-state index is -0.134. The predicted molar refractivity (Wildman–Crippen MR) is 101 cm³/mol. The highest BCUT2D eigenvalue weighted by atomic mass is 35.5. The first kappa shape index (κ1) is 18.3. The third kappa shape index (κ3) is 3.53. The zero-order valence-corrected chi connectivity index (χ0v) is 16.3. The topological polar surface area (TPSA) is 80.5 Å². The maximum atomic E-state index is 13.0. The van der Waals surface area contributed by atoms with Crippen molar-refractivity contribution < 1.29 is 14.1 Å². The molecule has 0 aliphatic carbocycles. The molecule has 0 bridgehead atoms. The van der Waals surface area contributed by atoms with Gasteiger partial charge >= 0.3 is 6.03 Å². The highest BCUT2D eigenvalue weighted by Gasteiger charge is 2.51. The number of nitrogens with zero attached hydrogens (tertiary/aromatic N) is 3. The van der Waals surface area contributed by atoms with Crippen molar-refractivity contribution >= 4 is 23.3 Å². The number of benzene rings is 1. The third-order valence-electron chi connectivity index (χ3n) is 5.71. The molecule has 8 heteroatoms. The smallest absolute Gasteiger partial charge is 0.321 e. The number of likely N-dealkylation sites (tertiary alicyclic amines) is 1. The lowest BCUT2D eigenvalue weighted by molar-refractivity contribution is 0.00959. The standard InChI is InChI=1S/C19H23ClN4O3/c1-12-3-4-14(20)9-16(12)22-18(25)24-10-15(17-21-13(2)23-27-17)19(11-24)5-7-26-8-6-19/h3-4,9,15H,5-8,10-11H2,1-2H3,(H,22,25). The Balaban J connectivity index is 1.57. The normalized spacial score (nSPS) is 21.6. The first-order valence-electron chi connectivity index (χ1n) is 9.17. The van der Waals surface area contributed by atoms with Gasteiger partial charge in [-0.25, -0.2) is 4.79 Å². The van der Waals surface area contributed by atoms with Crippen LogP contribution in [0.25, 0.3) is 0 Å². The van der Waals surface area contributed by atoms with Crippen LogP contribution in [-0.4, -0.2) is 47.4 Å². The molecule has 144 valence electrons. The molecule has 0 saturated carbocycles. The summed E-state index contributed by atoms with van der Waals surface area (Å²) < 4.78 is 11.0. The van der Waals surface area contributed by atoms with Gasteiger partial charge < -0.3 is 19.5 Å². The van der Waals surface area contributed by atoms with Gasteiger partial charge in [0, 0.05) is 42.4 Å². The van der Waals surface area contributed by atoms with Crippen molar-refractivity contribution in [1.82, 2.24) is 15.0 Å². The second-order valence-electron chi connectivity index (χ2n) is 7.48. The molecule has 1 unspecified atom stereocenters. The number of nitrogens with one attached hydrogen (secondary N) is 1. The van der Waals surface area contributed by atoms with E-state index in [-0.39, 0.29) is 17.4 Å². The molecule has 2 aliphatic heterocycles. The molecule has 1 aromatic carbocycles. The summed E-state index contributed by atoms with van der Waals surface area (Å²) in [4.78, 5) is 19.3. The molecule has 1 aromatic heterocycles. The number of aryl methyl sites for hydroxylation is 2. The van der Waals surface area contributed by atoms with Gasteiger partial charge in [-0.05, 0) is 44.4 Å². The second kappa shape index (κ2) is 7.13. The molecular weight excluding hydrogens is 368 g/mol. The first-order chi connectivity index (χ1) is 13.0. The number of ether oxygens (including phenoxy) is 1. The van der Waals surface area contributed by atoms with Gasteiger partial charge in [-0.15, -0.1) is 0 Å². The molecule has 2 aromatic rings. The Morgan fingerprint density at radius 3 is 2.81 bits per heavy atom. The summed E-state index contributed by atoms with van der Waals surface area (Å²) in [5.41, 5.74) is 1.61. The lowest BCUT2D eigenvalue weighted by Crippen LogP contribution is -2.38. The summed E-state index contributed by atoms with van der Waals surface area (Å²) in [5.74, 6) is 1.25. The summed E-state index contributed by atoms with van der Waals surface area (Å²) in [5, 5.41) is 7.54. The van der Waals surface area contributed by atoms with E-state index in [9.17, 15) is 4.79 Å². The maximum Gasteiger partial charge on any atom is 0.321 e. The van der Waals surface area contributed by atoms with Gasteiger partial charge in [-0.3, -0.25) is 0 Å². The molecule has 27 heavy (non-hydrogen) atoms. The number of carbonyl (C=O) groups is 1. The van der Waals surface area contributed by atoms with Gasteiger partial charge in [0.2, 0.25) is 5.89 Å². The van der Waals surface area contributed by atoms with E-state index in [4.69, 9.17) is 20.9 Å². The Kier molecular flexibility index (Phi) is 4.82. The van der Waals surface area contributed by atoms with Crippen LogP contribution in [-0.2, 0) is 4.74 Å². The third-order valence-corrected chi connectivity index (χ3v) is 5.94. The number of hydrogen-bond acceptors (Lipinski definition) is 5. The number of rotatable bonds is 2. The molecule has 2 amide bonds. The van der Waals surface area contributed by atoms with Crippen LogP contribution in [0.2, 0.25) is 5.02 Å². The number of urea groups is 1. The molecule has 2 fully saturated rings. The van der Waals surface area contributed by atoms with Crippen molar-refractivity contribution in [1.29, 1.82) is 0 Å². The molecule has 2 saturated heterocycles. The van der Waals surface area contributed by atoms with E-state index in [1.807, 2.05) is 30.9 Å². The SMILES string of the molecule is Cc1noc(C2CN(C(=O)Nc3cc(Cl)ccc3C)CC23CCOCC3)n1. The number of aromatic nitrogens is 2. The van der Waals surface area contributed by atoms with E-state index >= 15 is 0 Å². The predicted octanol–water partition coefficient (Wildman–Crippen LogP) is 3.77.